The Labute approximate surface area is 183 Å². The maximum atomic E-state index is 12.9. The second kappa shape index (κ2) is 8.21. The molecule has 0 atom stereocenters. The summed E-state index contributed by atoms with van der Waals surface area (Å²) in [5.74, 6) is -0.0255. The highest BCUT2D eigenvalue weighted by Crippen LogP contribution is 2.35. The van der Waals surface area contributed by atoms with Crippen LogP contribution in [-0.4, -0.2) is 25.1 Å². The third-order valence-corrected chi connectivity index (χ3v) is 10.1. The van der Waals surface area contributed by atoms with Crippen molar-refractivity contribution in [2.75, 3.05) is 5.75 Å². The van der Waals surface area contributed by atoms with E-state index < -0.39 is 21.2 Å². The van der Waals surface area contributed by atoms with Gasteiger partial charge in [-0.2, -0.15) is 0 Å². The number of benzene rings is 1. The minimum absolute atomic E-state index is 0.154. The van der Waals surface area contributed by atoms with Crippen LogP contribution in [0.1, 0.15) is 66.7 Å². The van der Waals surface area contributed by atoms with Crippen LogP contribution in [0.5, 0.6) is 0 Å². The Bertz CT molecular complexity index is 1050. The molecule has 1 aromatic heterocycles. The highest BCUT2D eigenvalue weighted by atomic mass is 32.2. The molecular formula is C24H30O4S2. The molecule has 0 amide bonds. The SMILES string of the molecule is CC(C)(O)c1ccc(S(=O)(=O)CC(=O)Cc2c(CC3CCC3)ccc3c2CCC3)s1. The molecule has 0 unspecified atom stereocenters. The summed E-state index contributed by atoms with van der Waals surface area (Å²) in [6, 6.07) is 7.52. The number of ketones is 1. The third kappa shape index (κ3) is 4.56. The first-order valence-corrected chi connectivity index (χ1v) is 13.3. The number of sulfone groups is 1. The first-order valence-electron chi connectivity index (χ1n) is 10.8. The zero-order valence-corrected chi connectivity index (χ0v) is 19.4. The second-order valence-electron chi connectivity index (χ2n) is 9.35. The summed E-state index contributed by atoms with van der Waals surface area (Å²) in [7, 11) is -3.70. The van der Waals surface area contributed by atoms with E-state index in [0.29, 0.717) is 10.8 Å². The van der Waals surface area contributed by atoms with Crippen LogP contribution < -0.4 is 0 Å². The lowest BCUT2D eigenvalue weighted by molar-refractivity contribution is -0.116. The van der Waals surface area contributed by atoms with E-state index in [1.165, 1.54) is 42.0 Å². The predicted molar refractivity (Wildman–Crippen MR) is 120 cm³/mol. The minimum atomic E-state index is -3.70. The molecule has 30 heavy (non-hydrogen) atoms. The second-order valence-corrected chi connectivity index (χ2v) is 12.6. The summed E-state index contributed by atoms with van der Waals surface area (Å²) in [5, 5.41) is 10.1. The van der Waals surface area contributed by atoms with E-state index in [4.69, 9.17) is 0 Å². The van der Waals surface area contributed by atoms with Crippen molar-refractivity contribution in [1.29, 1.82) is 0 Å². The zero-order chi connectivity index (χ0) is 21.5. The molecule has 4 rings (SSSR count). The molecule has 0 bridgehead atoms. The van der Waals surface area contributed by atoms with E-state index in [2.05, 4.69) is 12.1 Å². The van der Waals surface area contributed by atoms with Crippen molar-refractivity contribution in [3.63, 3.8) is 0 Å². The van der Waals surface area contributed by atoms with Crippen LogP contribution in [-0.2, 0) is 45.9 Å². The Kier molecular flexibility index (Phi) is 5.94. The number of aliphatic hydroxyl groups is 1. The van der Waals surface area contributed by atoms with Crippen molar-refractivity contribution in [2.45, 2.75) is 75.0 Å². The maximum Gasteiger partial charge on any atom is 0.194 e. The monoisotopic (exact) mass is 446 g/mol. The molecular weight excluding hydrogens is 416 g/mol. The molecule has 0 radical (unpaired) electrons. The Balaban J connectivity index is 1.53. The standard InChI is InChI=1S/C24H30O4S2/c1-24(2,26)22-11-12-23(29-22)30(27,28)15-19(25)14-21-18(13-16-5-3-6-16)10-9-17-7-4-8-20(17)21/h9-12,16,26H,3-8,13-15H2,1-2H3. The molecule has 2 aliphatic rings. The van der Waals surface area contributed by atoms with Crippen LogP contribution >= 0.6 is 11.3 Å². The van der Waals surface area contributed by atoms with Crippen LogP contribution in [0.15, 0.2) is 28.5 Å². The van der Waals surface area contributed by atoms with E-state index in [9.17, 15) is 18.3 Å². The number of hydrogen-bond acceptors (Lipinski definition) is 5. The number of carbonyl (C=O) groups is 1. The number of carbonyl (C=O) groups excluding carboxylic acids is 1. The van der Waals surface area contributed by atoms with Crippen molar-refractivity contribution in [3.8, 4) is 0 Å². The molecule has 6 heteroatoms. The molecule has 0 spiro atoms. The van der Waals surface area contributed by atoms with E-state index >= 15 is 0 Å². The topological polar surface area (TPSA) is 71.4 Å². The van der Waals surface area contributed by atoms with Gasteiger partial charge in [0.25, 0.3) is 0 Å². The van der Waals surface area contributed by atoms with Gasteiger partial charge in [-0.15, -0.1) is 11.3 Å². The summed E-state index contributed by atoms with van der Waals surface area (Å²) in [4.78, 5) is 13.5. The molecule has 1 N–H and O–H groups in total. The van der Waals surface area contributed by atoms with Crippen molar-refractivity contribution in [2.24, 2.45) is 5.92 Å². The fourth-order valence-corrected chi connectivity index (χ4v) is 7.19. The fraction of sp³-hybridized carbons (Fsp3) is 0.542. The van der Waals surface area contributed by atoms with E-state index in [1.807, 2.05) is 0 Å². The van der Waals surface area contributed by atoms with Crippen LogP contribution in [0, 0.1) is 5.92 Å². The summed E-state index contributed by atoms with van der Waals surface area (Å²) in [6.07, 6.45) is 8.14. The predicted octanol–water partition coefficient (Wildman–Crippen LogP) is 4.39. The first-order chi connectivity index (χ1) is 14.1. The molecule has 162 valence electrons. The van der Waals surface area contributed by atoms with Gasteiger partial charge < -0.3 is 5.11 Å². The molecule has 4 nitrogen and oxygen atoms in total. The molecule has 1 heterocycles. The smallest absolute Gasteiger partial charge is 0.194 e. The maximum absolute atomic E-state index is 12.9. The van der Waals surface area contributed by atoms with Gasteiger partial charge in [-0.3, -0.25) is 4.79 Å². The third-order valence-electron chi connectivity index (χ3n) is 6.45. The highest BCUT2D eigenvalue weighted by Gasteiger charge is 2.28. The Morgan fingerprint density at radius 1 is 1.13 bits per heavy atom. The number of hydrogen-bond donors (Lipinski definition) is 1. The number of fused-ring (bicyclic) bond motifs is 1. The van der Waals surface area contributed by atoms with Gasteiger partial charge in [-0.05, 0) is 79.8 Å². The quantitative estimate of drug-likeness (QED) is 0.653. The van der Waals surface area contributed by atoms with Gasteiger partial charge in [0.1, 0.15) is 9.96 Å². The molecule has 0 saturated heterocycles. The van der Waals surface area contributed by atoms with Crippen LogP contribution in [0.4, 0.5) is 0 Å². The fourth-order valence-electron chi connectivity index (χ4n) is 4.56. The highest BCUT2D eigenvalue weighted by molar-refractivity contribution is 7.94. The number of thiophene rings is 1. The molecule has 1 aromatic carbocycles. The van der Waals surface area contributed by atoms with Crippen molar-refractivity contribution in [3.05, 3.63) is 51.4 Å². The van der Waals surface area contributed by atoms with Gasteiger partial charge in [0.15, 0.2) is 15.6 Å². The lowest BCUT2D eigenvalue weighted by Gasteiger charge is -2.27. The van der Waals surface area contributed by atoms with E-state index in [1.54, 1.807) is 19.9 Å². The summed E-state index contributed by atoms with van der Waals surface area (Å²) in [5.41, 5.74) is 3.86. The van der Waals surface area contributed by atoms with Gasteiger partial charge in [-0.1, -0.05) is 31.4 Å². The minimum Gasteiger partial charge on any atom is -0.385 e. The zero-order valence-electron chi connectivity index (χ0n) is 17.7. The van der Waals surface area contributed by atoms with Crippen molar-refractivity contribution >= 4 is 27.0 Å². The summed E-state index contributed by atoms with van der Waals surface area (Å²) in [6.45, 7) is 3.25. The van der Waals surface area contributed by atoms with Crippen LogP contribution in [0.2, 0.25) is 0 Å². The Morgan fingerprint density at radius 2 is 1.90 bits per heavy atom. The first kappa shape index (κ1) is 21.7. The number of aryl methyl sites for hydroxylation is 1. The average molecular weight is 447 g/mol. The molecule has 0 aliphatic heterocycles. The van der Waals surface area contributed by atoms with Crippen LogP contribution in [0.25, 0.3) is 0 Å². The van der Waals surface area contributed by atoms with Crippen molar-refractivity contribution < 1.29 is 18.3 Å². The van der Waals surface area contributed by atoms with Gasteiger partial charge in [0.2, 0.25) is 0 Å². The van der Waals surface area contributed by atoms with Gasteiger partial charge in [0.05, 0.1) is 5.60 Å². The number of rotatable bonds is 8. The summed E-state index contributed by atoms with van der Waals surface area (Å²) >= 11 is 1.05. The van der Waals surface area contributed by atoms with Gasteiger partial charge in [-0.25, -0.2) is 8.42 Å². The van der Waals surface area contributed by atoms with Gasteiger partial charge in [0, 0.05) is 11.3 Å². The average Bonchev–Trinajstić information content (AvgIpc) is 3.28. The van der Waals surface area contributed by atoms with Gasteiger partial charge >= 0.3 is 0 Å². The van der Waals surface area contributed by atoms with E-state index in [-0.39, 0.29) is 16.4 Å². The summed E-state index contributed by atoms with van der Waals surface area (Å²) < 4.78 is 25.8. The Hall–Kier alpha value is -1.50. The van der Waals surface area contributed by atoms with Crippen molar-refractivity contribution in [1.82, 2.24) is 0 Å². The largest absolute Gasteiger partial charge is 0.385 e. The Morgan fingerprint density at radius 3 is 2.53 bits per heavy atom. The molecule has 1 fully saturated rings. The molecule has 1 saturated carbocycles. The van der Waals surface area contributed by atoms with Crippen LogP contribution in [0.3, 0.4) is 0 Å². The number of Topliss-reactive ketones (excluding diaryl/α,β-unsaturated/α-hetero) is 1. The lowest BCUT2D eigenvalue weighted by atomic mass is 9.79. The normalized spacial score (nSPS) is 17.0. The molecule has 2 aliphatic carbocycles. The lowest BCUT2D eigenvalue weighted by Crippen LogP contribution is -2.20. The van der Waals surface area contributed by atoms with E-state index in [0.717, 1.165) is 42.6 Å². The molecule has 2 aromatic rings.